The Morgan fingerprint density at radius 3 is 2.80 bits per heavy atom. The van der Waals surface area contributed by atoms with Crippen molar-refractivity contribution >= 4 is 35.1 Å². The molecule has 0 aliphatic carbocycles. The van der Waals surface area contributed by atoms with E-state index in [1.54, 1.807) is 0 Å². The molecule has 0 saturated heterocycles. The average molecular weight is 322 g/mol. The van der Waals surface area contributed by atoms with Crippen molar-refractivity contribution in [3.8, 4) is 0 Å². The zero-order chi connectivity index (χ0) is 15.1. The van der Waals surface area contributed by atoms with Gasteiger partial charge in [0.25, 0.3) is 5.56 Å². The number of esters is 1. The standard InChI is InChI=1S/C11H13Cl2N3O4/c1-20-9(18)3-2-4-14-8(17)6-16-11(19)10(13)7(12)5-15-16/h5H,2-4,6H2,1H3,(H,14,17). The van der Waals surface area contributed by atoms with Gasteiger partial charge in [-0.25, -0.2) is 4.68 Å². The molecule has 110 valence electrons. The van der Waals surface area contributed by atoms with E-state index in [1.165, 1.54) is 13.3 Å². The van der Waals surface area contributed by atoms with Gasteiger partial charge >= 0.3 is 5.97 Å². The molecule has 0 aromatic carbocycles. The molecule has 0 atom stereocenters. The van der Waals surface area contributed by atoms with Gasteiger partial charge in [-0.1, -0.05) is 23.2 Å². The Balaban J connectivity index is 2.45. The lowest BCUT2D eigenvalue weighted by Crippen LogP contribution is -2.34. The maximum absolute atomic E-state index is 11.6. The monoisotopic (exact) mass is 321 g/mol. The van der Waals surface area contributed by atoms with Crippen LogP contribution in [0, 0.1) is 0 Å². The van der Waals surface area contributed by atoms with Crippen LogP contribution in [0.25, 0.3) is 0 Å². The quantitative estimate of drug-likeness (QED) is 0.612. The molecule has 0 unspecified atom stereocenters. The fourth-order valence-electron chi connectivity index (χ4n) is 1.31. The number of nitrogens with one attached hydrogen (secondary N) is 1. The minimum atomic E-state index is -0.635. The van der Waals surface area contributed by atoms with Crippen molar-refractivity contribution in [1.82, 2.24) is 15.1 Å². The molecule has 1 heterocycles. The van der Waals surface area contributed by atoms with Crippen LogP contribution in [0.5, 0.6) is 0 Å². The third-order valence-corrected chi connectivity index (χ3v) is 3.09. The Morgan fingerprint density at radius 2 is 2.15 bits per heavy atom. The summed E-state index contributed by atoms with van der Waals surface area (Å²) in [6.45, 7) is 0.0257. The molecule has 0 radical (unpaired) electrons. The molecule has 0 aliphatic heterocycles. The molecular formula is C11H13Cl2N3O4. The number of amides is 1. The second kappa shape index (κ2) is 7.86. The maximum Gasteiger partial charge on any atom is 0.305 e. The lowest BCUT2D eigenvalue weighted by molar-refractivity contribution is -0.140. The Bertz CT molecular complexity index is 559. The minimum Gasteiger partial charge on any atom is -0.469 e. The third kappa shape index (κ3) is 4.82. The zero-order valence-corrected chi connectivity index (χ0v) is 12.2. The average Bonchev–Trinajstić information content (AvgIpc) is 2.44. The van der Waals surface area contributed by atoms with Crippen molar-refractivity contribution in [3.63, 3.8) is 0 Å². The molecule has 0 fully saturated rings. The normalized spacial score (nSPS) is 10.2. The van der Waals surface area contributed by atoms with Crippen molar-refractivity contribution in [2.45, 2.75) is 19.4 Å². The summed E-state index contributed by atoms with van der Waals surface area (Å²) in [6.07, 6.45) is 1.85. The SMILES string of the molecule is COC(=O)CCCNC(=O)Cn1ncc(Cl)c(Cl)c1=O. The molecule has 0 aliphatic rings. The number of ether oxygens (including phenoxy) is 1. The fourth-order valence-corrected chi connectivity index (χ4v) is 1.58. The molecule has 1 amide bonds. The highest BCUT2D eigenvalue weighted by atomic mass is 35.5. The molecule has 7 nitrogen and oxygen atoms in total. The third-order valence-electron chi connectivity index (χ3n) is 2.34. The van der Waals surface area contributed by atoms with Gasteiger partial charge in [0.1, 0.15) is 11.6 Å². The second-order valence-electron chi connectivity index (χ2n) is 3.80. The van der Waals surface area contributed by atoms with Crippen LogP contribution in [0.3, 0.4) is 0 Å². The molecule has 1 aromatic heterocycles. The molecule has 1 aromatic rings. The van der Waals surface area contributed by atoms with Gasteiger partial charge in [0.05, 0.1) is 18.3 Å². The van der Waals surface area contributed by atoms with Crippen LogP contribution < -0.4 is 10.9 Å². The molecule has 0 saturated carbocycles. The number of carbonyl (C=O) groups excluding carboxylic acids is 2. The van der Waals surface area contributed by atoms with Gasteiger partial charge in [0.2, 0.25) is 5.91 Å². The van der Waals surface area contributed by atoms with E-state index in [2.05, 4.69) is 15.2 Å². The van der Waals surface area contributed by atoms with Gasteiger partial charge < -0.3 is 10.1 Å². The first-order chi connectivity index (χ1) is 9.45. The summed E-state index contributed by atoms with van der Waals surface area (Å²) in [5, 5.41) is 6.10. The predicted molar refractivity (Wildman–Crippen MR) is 72.8 cm³/mol. The van der Waals surface area contributed by atoms with Gasteiger partial charge in [-0.15, -0.1) is 0 Å². The van der Waals surface area contributed by atoms with Crippen LogP contribution in [0.2, 0.25) is 10.0 Å². The molecule has 0 bridgehead atoms. The highest BCUT2D eigenvalue weighted by Crippen LogP contribution is 2.14. The number of hydrogen-bond donors (Lipinski definition) is 1. The Morgan fingerprint density at radius 1 is 1.45 bits per heavy atom. The van der Waals surface area contributed by atoms with Crippen molar-refractivity contribution < 1.29 is 14.3 Å². The molecule has 9 heteroatoms. The summed E-state index contributed by atoms with van der Waals surface area (Å²) in [6, 6.07) is 0. The van der Waals surface area contributed by atoms with E-state index < -0.39 is 11.5 Å². The summed E-state index contributed by atoms with van der Waals surface area (Å²) in [4.78, 5) is 34.0. The Hall–Kier alpha value is -1.60. The largest absolute Gasteiger partial charge is 0.469 e. The van der Waals surface area contributed by atoms with E-state index >= 15 is 0 Å². The van der Waals surface area contributed by atoms with Crippen LogP contribution in [0.15, 0.2) is 11.0 Å². The first-order valence-corrected chi connectivity index (χ1v) is 6.46. The smallest absolute Gasteiger partial charge is 0.305 e. The lowest BCUT2D eigenvalue weighted by atomic mass is 10.3. The molecule has 0 spiro atoms. The second-order valence-corrected chi connectivity index (χ2v) is 4.58. The first kappa shape index (κ1) is 16.5. The van der Waals surface area contributed by atoms with Gasteiger partial charge in [-0.3, -0.25) is 14.4 Å². The fraction of sp³-hybridized carbons (Fsp3) is 0.455. The first-order valence-electron chi connectivity index (χ1n) is 5.70. The van der Waals surface area contributed by atoms with Crippen molar-refractivity contribution in [1.29, 1.82) is 0 Å². The van der Waals surface area contributed by atoms with Gasteiger partial charge in [0, 0.05) is 13.0 Å². The highest BCUT2D eigenvalue weighted by molar-refractivity contribution is 6.41. The number of rotatable bonds is 6. The summed E-state index contributed by atoms with van der Waals surface area (Å²) in [5.41, 5.74) is -0.635. The van der Waals surface area contributed by atoms with E-state index in [4.69, 9.17) is 23.2 Å². The Labute approximate surface area is 124 Å². The predicted octanol–water partition coefficient (Wildman–Crippen LogP) is 0.619. The molecule has 1 rings (SSSR count). The van der Waals surface area contributed by atoms with Crippen LogP contribution in [-0.2, 0) is 20.9 Å². The number of aromatic nitrogens is 2. The van der Waals surface area contributed by atoms with Crippen LogP contribution in [0.1, 0.15) is 12.8 Å². The lowest BCUT2D eigenvalue weighted by Gasteiger charge is -2.06. The van der Waals surface area contributed by atoms with E-state index in [-0.39, 0.29) is 29.0 Å². The summed E-state index contributed by atoms with van der Waals surface area (Å²) < 4.78 is 5.37. The van der Waals surface area contributed by atoms with Crippen molar-refractivity contribution in [2.75, 3.05) is 13.7 Å². The minimum absolute atomic E-state index is 0.0337. The van der Waals surface area contributed by atoms with Crippen LogP contribution in [-0.4, -0.2) is 35.3 Å². The number of halogens is 2. The molecular weight excluding hydrogens is 309 g/mol. The summed E-state index contributed by atoms with van der Waals surface area (Å²) in [7, 11) is 1.29. The molecule has 20 heavy (non-hydrogen) atoms. The van der Waals surface area contributed by atoms with Gasteiger partial charge in [-0.05, 0) is 6.42 Å². The Kier molecular flexibility index (Phi) is 6.47. The van der Waals surface area contributed by atoms with E-state index in [0.29, 0.717) is 13.0 Å². The van der Waals surface area contributed by atoms with Crippen LogP contribution in [0.4, 0.5) is 0 Å². The van der Waals surface area contributed by atoms with Crippen LogP contribution >= 0.6 is 23.2 Å². The molecule has 1 N–H and O–H groups in total. The van der Waals surface area contributed by atoms with Crippen molar-refractivity contribution in [3.05, 3.63) is 26.6 Å². The number of hydrogen-bond acceptors (Lipinski definition) is 5. The van der Waals surface area contributed by atoms with E-state index in [9.17, 15) is 14.4 Å². The van der Waals surface area contributed by atoms with Crippen molar-refractivity contribution in [2.24, 2.45) is 0 Å². The maximum atomic E-state index is 11.6. The number of methoxy groups -OCH3 is 1. The summed E-state index contributed by atoms with van der Waals surface area (Å²) in [5.74, 6) is -0.760. The summed E-state index contributed by atoms with van der Waals surface area (Å²) >= 11 is 11.3. The van der Waals surface area contributed by atoms with E-state index in [1.807, 2.05) is 0 Å². The highest BCUT2D eigenvalue weighted by Gasteiger charge is 2.10. The van der Waals surface area contributed by atoms with E-state index in [0.717, 1.165) is 4.68 Å². The zero-order valence-electron chi connectivity index (χ0n) is 10.7. The van der Waals surface area contributed by atoms with Gasteiger partial charge in [-0.2, -0.15) is 5.10 Å². The topological polar surface area (TPSA) is 90.3 Å². The number of nitrogens with zero attached hydrogens (tertiary/aromatic N) is 2. The number of carbonyl (C=O) groups is 2. The van der Waals surface area contributed by atoms with Gasteiger partial charge in [0.15, 0.2) is 0 Å².